The summed E-state index contributed by atoms with van der Waals surface area (Å²) in [6.45, 7) is 4.60. The topological polar surface area (TPSA) is 92.5 Å². The van der Waals surface area contributed by atoms with Crippen molar-refractivity contribution in [3.8, 4) is 22.9 Å². The van der Waals surface area contributed by atoms with Gasteiger partial charge in [0.05, 0.1) is 32.0 Å². The molecule has 1 N–H and O–H groups in total. The fourth-order valence-electron chi connectivity index (χ4n) is 4.19. The summed E-state index contributed by atoms with van der Waals surface area (Å²) in [7, 11) is 0. The molecule has 0 amide bonds. The van der Waals surface area contributed by atoms with Crippen molar-refractivity contribution >= 4 is 17.3 Å². The van der Waals surface area contributed by atoms with Crippen LogP contribution in [0.4, 0.5) is 17.3 Å². The summed E-state index contributed by atoms with van der Waals surface area (Å²) in [5, 5.41) is 13.0. The molecule has 2 saturated heterocycles. The lowest BCUT2D eigenvalue weighted by Gasteiger charge is -2.28. The van der Waals surface area contributed by atoms with Gasteiger partial charge in [0.15, 0.2) is 0 Å². The highest BCUT2D eigenvalue weighted by molar-refractivity contribution is 5.71. The van der Waals surface area contributed by atoms with E-state index in [1.165, 1.54) is 0 Å². The largest absolute Gasteiger partial charge is 0.489 e. The lowest BCUT2D eigenvalue weighted by molar-refractivity contribution is 0.0254. The number of anilines is 3. The zero-order valence-electron chi connectivity index (χ0n) is 18.9. The number of ether oxygens (including phenoxy) is 3. The molecule has 0 saturated carbocycles. The summed E-state index contributed by atoms with van der Waals surface area (Å²) in [5.74, 6) is 2.03. The molecule has 8 nitrogen and oxygen atoms in total. The third-order valence-electron chi connectivity index (χ3n) is 6.03. The molecule has 5 rings (SSSR count). The van der Waals surface area contributed by atoms with Crippen LogP contribution in [0.3, 0.4) is 0 Å². The van der Waals surface area contributed by atoms with Crippen LogP contribution in [-0.2, 0) is 9.47 Å². The number of hydrogen-bond donors (Lipinski definition) is 1. The number of aromatic nitrogens is 2. The Morgan fingerprint density at radius 3 is 2.38 bits per heavy atom. The van der Waals surface area contributed by atoms with E-state index >= 15 is 0 Å². The van der Waals surface area contributed by atoms with Gasteiger partial charge in [0.1, 0.15) is 29.6 Å². The van der Waals surface area contributed by atoms with Crippen molar-refractivity contribution in [2.45, 2.75) is 18.9 Å². The Morgan fingerprint density at radius 2 is 1.59 bits per heavy atom. The second-order valence-electron chi connectivity index (χ2n) is 8.31. The van der Waals surface area contributed by atoms with Crippen molar-refractivity contribution in [2.24, 2.45) is 0 Å². The van der Waals surface area contributed by atoms with Crippen LogP contribution < -0.4 is 15.0 Å². The van der Waals surface area contributed by atoms with Crippen LogP contribution in [0.5, 0.6) is 5.75 Å². The van der Waals surface area contributed by atoms with E-state index in [9.17, 15) is 5.26 Å². The van der Waals surface area contributed by atoms with E-state index in [4.69, 9.17) is 14.2 Å². The molecule has 2 fully saturated rings. The SMILES string of the molecule is N#Cc1cc(-c2ccnc(Nc3cc(N4CCOCC4)ccn3)c2)ccc1OC1CCOCC1. The van der Waals surface area contributed by atoms with Crippen molar-refractivity contribution in [1.29, 1.82) is 5.26 Å². The van der Waals surface area contributed by atoms with Gasteiger partial charge < -0.3 is 24.4 Å². The molecule has 0 bridgehead atoms. The van der Waals surface area contributed by atoms with Gasteiger partial charge in [-0.25, -0.2) is 9.97 Å². The number of pyridine rings is 2. The average molecular weight is 458 g/mol. The molecule has 0 radical (unpaired) electrons. The Morgan fingerprint density at radius 1 is 0.882 bits per heavy atom. The monoisotopic (exact) mass is 457 g/mol. The fourth-order valence-corrected chi connectivity index (χ4v) is 4.19. The number of hydrogen-bond acceptors (Lipinski definition) is 8. The van der Waals surface area contributed by atoms with Crippen LogP contribution in [-0.4, -0.2) is 55.6 Å². The summed E-state index contributed by atoms with van der Waals surface area (Å²) < 4.78 is 16.9. The van der Waals surface area contributed by atoms with Crippen LogP contribution >= 0.6 is 0 Å². The summed E-state index contributed by atoms with van der Waals surface area (Å²) in [6, 6.07) is 15.9. The predicted octanol–water partition coefficient (Wildman–Crippen LogP) is 4.15. The Bertz CT molecular complexity index is 1170. The van der Waals surface area contributed by atoms with Crippen molar-refractivity contribution in [3.05, 3.63) is 60.4 Å². The lowest BCUT2D eigenvalue weighted by Crippen LogP contribution is -2.36. The molecule has 1 aromatic carbocycles. The molecule has 8 heteroatoms. The molecular weight excluding hydrogens is 430 g/mol. The van der Waals surface area contributed by atoms with Gasteiger partial charge in [-0.05, 0) is 41.5 Å². The highest BCUT2D eigenvalue weighted by atomic mass is 16.5. The number of rotatable bonds is 6. The quantitative estimate of drug-likeness (QED) is 0.590. The molecule has 2 aromatic heterocycles. The lowest BCUT2D eigenvalue weighted by atomic mass is 10.0. The predicted molar refractivity (Wildman–Crippen MR) is 129 cm³/mol. The van der Waals surface area contributed by atoms with Crippen LogP contribution in [0.2, 0.25) is 0 Å². The van der Waals surface area contributed by atoms with E-state index in [2.05, 4.69) is 26.3 Å². The highest BCUT2D eigenvalue weighted by Crippen LogP contribution is 2.30. The van der Waals surface area contributed by atoms with Gasteiger partial charge in [-0.3, -0.25) is 0 Å². The summed E-state index contributed by atoms with van der Waals surface area (Å²) in [6.07, 6.45) is 5.32. The first-order chi connectivity index (χ1) is 16.8. The first-order valence-corrected chi connectivity index (χ1v) is 11.6. The van der Waals surface area contributed by atoms with Crippen LogP contribution in [0.1, 0.15) is 18.4 Å². The molecule has 0 atom stereocenters. The van der Waals surface area contributed by atoms with E-state index in [1.54, 1.807) is 12.4 Å². The number of morpholine rings is 1. The Hall–Kier alpha value is -3.67. The second kappa shape index (κ2) is 10.5. The third-order valence-corrected chi connectivity index (χ3v) is 6.03. The highest BCUT2D eigenvalue weighted by Gasteiger charge is 2.17. The van der Waals surface area contributed by atoms with Crippen molar-refractivity contribution in [3.63, 3.8) is 0 Å². The zero-order valence-corrected chi connectivity index (χ0v) is 18.9. The Kier molecular flexibility index (Phi) is 6.84. The smallest absolute Gasteiger partial charge is 0.137 e. The Balaban J connectivity index is 1.32. The average Bonchev–Trinajstić information content (AvgIpc) is 2.90. The summed E-state index contributed by atoms with van der Waals surface area (Å²) >= 11 is 0. The third kappa shape index (κ3) is 5.28. The maximum atomic E-state index is 9.70. The number of nitrogens with one attached hydrogen (secondary N) is 1. The van der Waals surface area contributed by atoms with Crippen molar-refractivity contribution < 1.29 is 14.2 Å². The first kappa shape index (κ1) is 22.1. The van der Waals surface area contributed by atoms with Crippen molar-refractivity contribution in [2.75, 3.05) is 49.7 Å². The van der Waals surface area contributed by atoms with Crippen molar-refractivity contribution in [1.82, 2.24) is 9.97 Å². The molecule has 0 unspecified atom stereocenters. The van der Waals surface area contributed by atoms with Crippen LogP contribution in [0, 0.1) is 11.3 Å². The maximum absolute atomic E-state index is 9.70. The minimum Gasteiger partial charge on any atom is -0.489 e. The second-order valence-corrected chi connectivity index (χ2v) is 8.31. The molecule has 2 aliphatic rings. The molecule has 3 aromatic rings. The standard InChI is InChI=1S/C26H27N5O3/c27-18-21-15-19(1-2-24(21)34-23-5-11-32-12-6-23)20-3-7-28-25(16-20)30-26-17-22(4-8-29-26)31-9-13-33-14-10-31/h1-4,7-8,15-17,23H,5-6,9-14H2,(H,28,29,30). The minimum atomic E-state index is 0.0872. The van der Waals surface area contributed by atoms with E-state index in [-0.39, 0.29) is 6.10 Å². The number of benzene rings is 1. The molecule has 0 spiro atoms. The maximum Gasteiger partial charge on any atom is 0.137 e. The summed E-state index contributed by atoms with van der Waals surface area (Å²) in [4.78, 5) is 11.2. The molecular formula is C26H27N5O3. The van der Waals surface area contributed by atoms with Gasteiger partial charge >= 0.3 is 0 Å². The minimum absolute atomic E-state index is 0.0872. The fraction of sp³-hybridized carbons (Fsp3) is 0.346. The van der Waals surface area contributed by atoms with E-state index < -0.39 is 0 Å². The van der Waals surface area contributed by atoms with E-state index in [0.717, 1.165) is 61.8 Å². The van der Waals surface area contributed by atoms with E-state index in [1.807, 2.05) is 42.5 Å². The molecule has 0 aliphatic carbocycles. The van der Waals surface area contributed by atoms with Gasteiger partial charge in [-0.15, -0.1) is 0 Å². The zero-order chi connectivity index (χ0) is 23.2. The molecule has 4 heterocycles. The first-order valence-electron chi connectivity index (χ1n) is 11.6. The van der Waals surface area contributed by atoms with Crippen LogP contribution in [0.15, 0.2) is 54.9 Å². The molecule has 34 heavy (non-hydrogen) atoms. The van der Waals surface area contributed by atoms with Gasteiger partial charge in [-0.1, -0.05) is 6.07 Å². The Labute approximate surface area is 199 Å². The van der Waals surface area contributed by atoms with Gasteiger partial charge in [0.25, 0.3) is 0 Å². The number of nitrogens with zero attached hydrogens (tertiary/aromatic N) is 4. The summed E-state index contributed by atoms with van der Waals surface area (Å²) in [5.41, 5.74) is 3.51. The number of nitriles is 1. The normalized spacial score (nSPS) is 16.6. The van der Waals surface area contributed by atoms with E-state index in [0.29, 0.717) is 30.3 Å². The molecule has 174 valence electrons. The molecule has 2 aliphatic heterocycles. The van der Waals surface area contributed by atoms with Gasteiger partial charge in [0.2, 0.25) is 0 Å². The van der Waals surface area contributed by atoms with Gasteiger partial charge in [0, 0.05) is 50.1 Å². The van der Waals surface area contributed by atoms with Crippen LogP contribution in [0.25, 0.3) is 11.1 Å². The van der Waals surface area contributed by atoms with Gasteiger partial charge in [-0.2, -0.15) is 5.26 Å².